The third-order valence-corrected chi connectivity index (χ3v) is 2.27. The molecule has 1 rings (SSSR count). The Labute approximate surface area is 105 Å². The quantitative estimate of drug-likeness (QED) is 0.709. The first-order valence-electron chi connectivity index (χ1n) is 4.01. The van der Waals surface area contributed by atoms with Crippen LogP contribution >= 0.6 is 34.8 Å². The van der Waals surface area contributed by atoms with Crippen LogP contribution in [0.25, 0.3) is 0 Å². The summed E-state index contributed by atoms with van der Waals surface area (Å²) in [4.78, 5) is 3.19. The van der Waals surface area contributed by atoms with Crippen molar-refractivity contribution in [3.63, 3.8) is 0 Å². The molecule has 0 bridgehead atoms. The highest BCUT2D eigenvalue weighted by Gasteiger charge is 2.26. The average Bonchev–Trinajstić information content (AvgIpc) is 2.11. The highest BCUT2D eigenvalue weighted by molar-refractivity contribution is 6.69. The second kappa shape index (κ2) is 5.25. The van der Waals surface area contributed by atoms with Crippen molar-refractivity contribution in [1.29, 1.82) is 0 Å². The van der Waals surface area contributed by atoms with Gasteiger partial charge in [-0.2, -0.15) is 13.2 Å². The summed E-state index contributed by atoms with van der Waals surface area (Å²) in [5.74, 6) is 0. The van der Waals surface area contributed by atoms with Gasteiger partial charge in [0.1, 0.15) is 11.7 Å². The lowest BCUT2D eigenvalue weighted by Crippen LogP contribution is -2.13. The summed E-state index contributed by atoms with van der Waals surface area (Å²) in [7, 11) is 0. The van der Waals surface area contributed by atoms with E-state index in [2.05, 4.69) is 4.99 Å². The standard InChI is InChI=1S/C9H5Cl3F3N/c10-6-1-5(2-7(11)3-6)8(12)16-4-9(13,14)15/h1-3H,4H2/b16-8-. The minimum atomic E-state index is -4.39. The van der Waals surface area contributed by atoms with Crippen molar-refractivity contribution in [2.75, 3.05) is 6.54 Å². The average molecular weight is 290 g/mol. The smallest absolute Gasteiger partial charge is 0.263 e. The molecule has 0 heterocycles. The molecule has 0 aliphatic heterocycles. The summed E-state index contributed by atoms with van der Waals surface area (Å²) in [6, 6.07) is 4.21. The maximum absolute atomic E-state index is 11.9. The highest BCUT2D eigenvalue weighted by atomic mass is 35.5. The number of alkyl halides is 3. The molecule has 0 saturated heterocycles. The fraction of sp³-hybridized carbons (Fsp3) is 0.222. The summed E-state index contributed by atoms with van der Waals surface area (Å²) in [6.07, 6.45) is -4.39. The van der Waals surface area contributed by atoms with Crippen LogP contribution in [0.1, 0.15) is 5.56 Å². The first kappa shape index (κ1) is 13.6. The second-order valence-corrected chi connectivity index (χ2v) is 4.11. The van der Waals surface area contributed by atoms with Crippen molar-refractivity contribution < 1.29 is 13.2 Å². The van der Waals surface area contributed by atoms with Gasteiger partial charge in [0.25, 0.3) is 0 Å². The molecule has 0 fully saturated rings. The molecule has 7 heteroatoms. The Morgan fingerprint density at radius 3 is 2.06 bits per heavy atom. The lowest BCUT2D eigenvalue weighted by molar-refractivity contribution is -0.118. The van der Waals surface area contributed by atoms with Gasteiger partial charge in [-0.25, -0.2) is 0 Å². The number of aliphatic imine (C=N–C) groups is 1. The van der Waals surface area contributed by atoms with Crippen LogP contribution in [0.3, 0.4) is 0 Å². The van der Waals surface area contributed by atoms with Gasteiger partial charge >= 0.3 is 6.18 Å². The molecule has 1 aromatic carbocycles. The van der Waals surface area contributed by atoms with Crippen LogP contribution in [0.2, 0.25) is 10.0 Å². The summed E-state index contributed by atoms with van der Waals surface area (Å²) < 4.78 is 35.6. The van der Waals surface area contributed by atoms with Crippen LogP contribution in [0, 0.1) is 0 Å². The number of halogens is 6. The third-order valence-electron chi connectivity index (χ3n) is 1.50. The zero-order valence-electron chi connectivity index (χ0n) is 7.65. The third kappa shape index (κ3) is 4.60. The largest absolute Gasteiger partial charge is 0.408 e. The van der Waals surface area contributed by atoms with E-state index in [4.69, 9.17) is 34.8 Å². The molecule has 0 aromatic heterocycles. The predicted octanol–water partition coefficient (Wildman–Crippen LogP) is 4.54. The maximum Gasteiger partial charge on any atom is 0.408 e. The Bertz CT molecular complexity index is 395. The number of rotatable bonds is 2. The second-order valence-electron chi connectivity index (χ2n) is 2.88. The van der Waals surface area contributed by atoms with Gasteiger partial charge in [0.15, 0.2) is 0 Å². The fourth-order valence-electron chi connectivity index (χ4n) is 0.923. The molecule has 0 atom stereocenters. The number of hydrogen-bond donors (Lipinski definition) is 0. The van der Waals surface area contributed by atoms with Crippen LogP contribution in [0.4, 0.5) is 13.2 Å². The minimum Gasteiger partial charge on any atom is -0.263 e. The zero-order chi connectivity index (χ0) is 12.3. The van der Waals surface area contributed by atoms with Gasteiger partial charge < -0.3 is 0 Å². The minimum absolute atomic E-state index is 0.253. The number of benzene rings is 1. The first-order chi connectivity index (χ1) is 7.28. The monoisotopic (exact) mass is 289 g/mol. The van der Waals surface area contributed by atoms with Crippen molar-refractivity contribution in [3.05, 3.63) is 33.8 Å². The van der Waals surface area contributed by atoms with Crippen molar-refractivity contribution in [2.24, 2.45) is 4.99 Å². The summed E-state index contributed by atoms with van der Waals surface area (Å²) in [6.45, 7) is -1.34. The molecule has 1 nitrogen and oxygen atoms in total. The Kier molecular flexibility index (Phi) is 4.47. The van der Waals surface area contributed by atoms with Gasteiger partial charge in [-0.3, -0.25) is 4.99 Å². The van der Waals surface area contributed by atoms with Gasteiger partial charge in [-0.15, -0.1) is 0 Å². The SMILES string of the molecule is FC(F)(F)C/N=C(\Cl)c1cc(Cl)cc(Cl)c1. The Balaban J connectivity index is 2.91. The molecule has 1 aromatic rings. The van der Waals surface area contributed by atoms with Gasteiger partial charge in [0.05, 0.1) is 0 Å². The Morgan fingerprint density at radius 1 is 1.12 bits per heavy atom. The van der Waals surface area contributed by atoms with Gasteiger partial charge in [-0.05, 0) is 18.2 Å². The number of nitrogens with zero attached hydrogens (tertiary/aromatic N) is 1. The summed E-state index contributed by atoms with van der Waals surface area (Å²) in [5.41, 5.74) is 0.253. The van der Waals surface area contributed by atoms with E-state index < -0.39 is 12.7 Å². The van der Waals surface area contributed by atoms with Crippen molar-refractivity contribution in [2.45, 2.75) is 6.18 Å². The Morgan fingerprint density at radius 2 is 1.62 bits per heavy atom. The molecular formula is C9H5Cl3F3N. The van der Waals surface area contributed by atoms with Gasteiger partial charge in [0.2, 0.25) is 0 Å². The molecule has 0 saturated carbocycles. The molecule has 0 aliphatic rings. The van der Waals surface area contributed by atoms with Crippen LogP contribution in [-0.2, 0) is 0 Å². The maximum atomic E-state index is 11.9. The van der Waals surface area contributed by atoms with E-state index in [0.717, 1.165) is 0 Å². The van der Waals surface area contributed by atoms with E-state index in [-0.39, 0.29) is 20.8 Å². The van der Waals surface area contributed by atoms with Crippen LogP contribution in [0.15, 0.2) is 23.2 Å². The van der Waals surface area contributed by atoms with E-state index in [0.29, 0.717) is 0 Å². The summed E-state index contributed by atoms with van der Waals surface area (Å²) in [5, 5.41) is 0.285. The lowest BCUT2D eigenvalue weighted by Gasteiger charge is -2.04. The van der Waals surface area contributed by atoms with Crippen LogP contribution in [-0.4, -0.2) is 17.9 Å². The zero-order valence-corrected chi connectivity index (χ0v) is 9.92. The van der Waals surface area contributed by atoms with E-state index in [9.17, 15) is 13.2 Å². The van der Waals surface area contributed by atoms with Gasteiger partial charge in [0, 0.05) is 15.6 Å². The highest BCUT2D eigenvalue weighted by Crippen LogP contribution is 2.21. The predicted molar refractivity (Wildman–Crippen MR) is 59.8 cm³/mol. The molecular weight excluding hydrogens is 285 g/mol. The van der Waals surface area contributed by atoms with Crippen LogP contribution in [0.5, 0.6) is 0 Å². The number of hydrogen-bond acceptors (Lipinski definition) is 1. The normalized spacial score (nSPS) is 13.0. The van der Waals surface area contributed by atoms with Crippen LogP contribution < -0.4 is 0 Å². The fourth-order valence-corrected chi connectivity index (χ4v) is 1.62. The Hall–Kier alpha value is -0.450. The topological polar surface area (TPSA) is 12.4 Å². The molecule has 0 unspecified atom stereocenters. The van der Waals surface area contributed by atoms with E-state index in [1.54, 1.807) is 0 Å². The molecule has 0 radical (unpaired) electrons. The van der Waals surface area contributed by atoms with Crippen molar-refractivity contribution in [3.8, 4) is 0 Å². The van der Waals surface area contributed by atoms with E-state index in [1.165, 1.54) is 18.2 Å². The van der Waals surface area contributed by atoms with Crippen molar-refractivity contribution in [1.82, 2.24) is 0 Å². The van der Waals surface area contributed by atoms with E-state index >= 15 is 0 Å². The molecule has 0 amide bonds. The molecule has 0 aliphatic carbocycles. The molecule has 88 valence electrons. The molecule has 0 spiro atoms. The van der Waals surface area contributed by atoms with Crippen molar-refractivity contribution >= 4 is 40.0 Å². The summed E-state index contributed by atoms with van der Waals surface area (Å²) >= 11 is 16.9. The molecule has 0 N–H and O–H groups in total. The molecule has 16 heavy (non-hydrogen) atoms. The van der Waals surface area contributed by atoms with E-state index in [1.807, 2.05) is 0 Å². The lowest BCUT2D eigenvalue weighted by atomic mass is 10.2. The first-order valence-corrected chi connectivity index (χ1v) is 5.14. The van der Waals surface area contributed by atoms with Gasteiger partial charge in [-0.1, -0.05) is 34.8 Å².